The number of aryl methyl sites for hydroxylation is 1. The molecule has 2 amide bonds. The first-order chi connectivity index (χ1) is 13.6. The van der Waals surface area contributed by atoms with Crippen LogP contribution in [0.5, 0.6) is 0 Å². The molecule has 0 aromatic carbocycles. The monoisotopic (exact) mass is 435 g/mol. The third kappa shape index (κ3) is 3.81. The fraction of sp³-hybridized carbons (Fsp3) is 0.526. The molecule has 2 aliphatic carbocycles. The van der Waals surface area contributed by atoms with Crippen LogP contribution in [0, 0.1) is 0 Å². The minimum Gasteiger partial charge on any atom is -0.385 e. The molecular formula is C19H25N5O3S2. The van der Waals surface area contributed by atoms with Crippen LogP contribution in [0.3, 0.4) is 0 Å². The molecule has 0 spiro atoms. The van der Waals surface area contributed by atoms with E-state index in [1.165, 1.54) is 6.20 Å². The number of nitrogens with two attached hydrogens (primary N) is 1. The number of carbonyl (C=O) groups excluding carboxylic acids is 1. The van der Waals surface area contributed by atoms with Crippen molar-refractivity contribution in [3.8, 4) is 0 Å². The number of aromatic nitrogens is 2. The number of fused-ring (bicyclic) bond motifs is 2. The van der Waals surface area contributed by atoms with Crippen molar-refractivity contribution in [3.05, 3.63) is 33.6 Å². The lowest BCUT2D eigenvalue weighted by Gasteiger charge is -2.15. The molecule has 0 aliphatic heterocycles. The molecule has 2 atom stereocenters. The van der Waals surface area contributed by atoms with Crippen LogP contribution in [-0.2, 0) is 34.8 Å². The number of amides is 2. The number of hydrogen-bond acceptors (Lipinski definition) is 6. The minimum absolute atomic E-state index is 0.0172. The van der Waals surface area contributed by atoms with Crippen LogP contribution in [0.25, 0.3) is 0 Å². The van der Waals surface area contributed by atoms with E-state index in [1.54, 1.807) is 13.8 Å². The van der Waals surface area contributed by atoms with Crippen LogP contribution >= 0.6 is 11.3 Å². The maximum atomic E-state index is 12.9. The zero-order valence-corrected chi connectivity index (χ0v) is 18.3. The summed E-state index contributed by atoms with van der Waals surface area (Å²) in [6.45, 7) is 5.33. The van der Waals surface area contributed by atoms with Gasteiger partial charge in [0, 0.05) is 17.6 Å². The SMILES string of the molecule is C[C@@H]1CCc2c1nc1c(c2NC(=O)N=S(N)(=O)c2ncc(C(C)(C)O)s2)CCC1. The van der Waals surface area contributed by atoms with Crippen molar-refractivity contribution in [2.24, 2.45) is 9.50 Å². The number of thiazole rings is 1. The largest absolute Gasteiger partial charge is 0.385 e. The number of urea groups is 1. The molecule has 1 unspecified atom stereocenters. The molecule has 2 aromatic heterocycles. The highest BCUT2D eigenvalue weighted by Crippen LogP contribution is 2.41. The second-order valence-corrected chi connectivity index (χ2v) is 11.2. The summed E-state index contributed by atoms with van der Waals surface area (Å²) in [5.41, 5.74) is 3.84. The van der Waals surface area contributed by atoms with Crippen molar-refractivity contribution >= 4 is 33.0 Å². The number of pyridine rings is 1. The van der Waals surface area contributed by atoms with Gasteiger partial charge in [-0.05, 0) is 63.0 Å². The van der Waals surface area contributed by atoms with Crippen LogP contribution in [-0.4, -0.2) is 25.3 Å². The first-order valence-corrected chi connectivity index (χ1v) is 12.0. The highest BCUT2D eigenvalue weighted by atomic mass is 32.2. The van der Waals surface area contributed by atoms with Crippen molar-refractivity contribution in [2.75, 3.05) is 5.32 Å². The van der Waals surface area contributed by atoms with Gasteiger partial charge in [-0.15, -0.1) is 15.7 Å². The lowest BCUT2D eigenvalue weighted by Crippen LogP contribution is -2.19. The van der Waals surface area contributed by atoms with Crippen LogP contribution in [0.4, 0.5) is 10.5 Å². The lowest BCUT2D eigenvalue weighted by atomic mass is 10.0. The lowest BCUT2D eigenvalue weighted by molar-refractivity contribution is 0.0823. The maximum absolute atomic E-state index is 12.9. The second kappa shape index (κ2) is 7.12. The summed E-state index contributed by atoms with van der Waals surface area (Å²) in [6.07, 6.45) is 6.03. The Hall–Kier alpha value is -1.88. The Labute approximate surface area is 174 Å². The number of hydrogen-bond donors (Lipinski definition) is 3. The first-order valence-electron chi connectivity index (χ1n) is 9.65. The van der Waals surface area contributed by atoms with E-state index in [9.17, 15) is 14.1 Å². The Kier molecular flexibility index (Phi) is 5.01. The summed E-state index contributed by atoms with van der Waals surface area (Å²) in [4.78, 5) is 22.0. The molecule has 2 heterocycles. The molecule has 4 rings (SSSR count). The van der Waals surface area contributed by atoms with Gasteiger partial charge in [0.25, 0.3) is 0 Å². The average Bonchev–Trinajstić information content (AvgIpc) is 3.33. The van der Waals surface area contributed by atoms with Gasteiger partial charge in [0.05, 0.1) is 16.2 Å². The van der Waals surface area contributed by atoms with E-state index in [1.807, 2.05) is 0 Å². The molecule has 2 aliphatic rings. The molecular weight excluding hydrogens is 410 g/mol. The topological polar surface area (TPSA) is 131 Å². The zero-order chi connectivity index (χ0) is 21.0. The number of nitrogens with one attached hydrogen (secondary N) is 1. The standard InChI is InChI=1S/C19H25N5O3S2/c1-10-7-8-12-15(10)22-13-6-4-5-11(13)16(12)23-17(25)24-29(20,27)18-21-9-14(28-18)19(2,3)26/h9-10,26H,4-8H2,1-3H3,(H3,20,22,23,24,25,27)/t10-,29?/m1/s1. The van der Waals surface area contributed by atoms with E-state index in [-0.39, 0.29) is 4.34 Å². The third-order valence-corrected chi connectivity index (χ3v) is 8.55. The van der Waals surface area contributed by atoms with E-state index in [4.69, 9.17) is 10.1 Å². The maximum Gasteiger partial charge on any atom is 0.354 e. The number of carbonyl (C=O) groups is 1. The molecule has 0 saturated carbocycles. The van der Waals surface area contributed by atoms with Gasteiger partial charge < -0.3 is 10.4 Å². The van der Waals surface area contributed by atoms with E-state index >= 15 is 0 Å². The van der Waals surface area contributed by atoms with Crippen molar-refractivity contribution in [1.82, 2.24) is 9.97 Å². The minimum atomic E-state index is -3.51. The summed E-state index contributed by atoms with van der Waals surface area (Å²) < 4.78 is 16.6. The van der Waals surface area contributed by atoms with Gasteiger partial charge in [-0.25, -0.2) is 19.1 Å². The highest BCUT2D eigenvalue weighted by molar-refractivity contribution is 7.93. The molecule has 156 valence electrons. The number of rotatable bonds is 3. The predicted molar refractivity (Wildman–Crippen MR) is 112 cm³/mol. The molecule has 0 radical (unpaired) electrons. The smallest absolute Gasteiger partial charge is 0.354 e. The second-order valence-electron chi connectivity index (χ2n) is 8.21. The quantitative estimate of drug-likeness (QED) is 0.681. The first kappa shape index (κ1) is 20.4. The van der Waals surface area contributed by atoms with Crippen LogP contribution in [0.1, 0.15) is 66.9 Å². The van der Waals surface area contributed by atoms with Gasteiger partial charge in [-0.2, -0.15) is 0 Å². The van der Waals surface area contributed by atoms with Crippen LogP contribution in [0.15, 0.2) is 14.9 Å². The van der Waals surface area contributed by atoms with Crippen LogP contribution in [0.2, 0.25) is 0 Å². The van der Waals surface area contributed by atoms with E-state index in [2.05, 4.69) is 21.6 Å². The summed E-state index contributed by atoms with van der Waals surface area (Å²) in [6, 6.07) is -0.750. The Morgan fingerprint density at radius 2 is 2.14 bits per heavy atom. The van der Waals surface area contributed by atoms with Gasteiger partial charge in [0.1, 0.15) is 0 Å². The normalized spacial score (nSPS) is 20.1. The van der Waals surface area contributed by atoms with Crippen molar-refractivity contribution < 1.29 is 14.1 Å². The zero-order valence-electron chi connectivity index (χ0n) is 16.7. The molecule has 4 N–H and O–H groups in total. The molecule has 0 bridgehead atoms. The fourth-order valence-electron chi connectivity index (χ4n) is 3.92. The Balaban J connectivity index is 1.66. The number of aliphatic hydroxyl groups is 1. The molecule has 0 fully saturated rings. The van der Waals surface area contributed by atoms with Crippen molar-refractivity contribution in [2.45, 2.75) is 68.7 Å². The third-order valence-electron chi connectivity index (χ3n) is 5.44. The summed E-state index contributed by atoms with van der Waals surface area (Å²) in [5, 5.41) is 18.8. The van der Waals surface area contributed by atoms with Crippen LogP contribution < -0.4 is 10.5 Å². The molecule has 10 heteroatoms. The van der Waals surface area contributed by atoms with Gasteiger partial charge in [-0.3, -0.25) is 4.98 Å². The van der Waals surface area contributed by atoms with Gasteiger partial charge in [0.2, 0.25) is 4.34 Å². The molecule has 8 nitrogen and oxygen atoms in total. The van der Waals surface area contributed by atoms with Gasteiger partial charge >= 0.3 is 6.03 Å². The molecule has 0 saturated heterocycles. The Morgan fingerprint density at radius 3 is 2.83 bits per heavy atom. The summed E-state index contributed by atoms with van der Waals surface area (Å²) in [7, 11) is -3.51. The Morgan fingerprint density at radius 1 is 1.38 bits per heavy atom. The molecule has 2 aromatic rings. The van der Waals surface area contributed by atoms with E-state index in [0.717, 1.165) is 71.6 Å². The van der Waals surface area contributed by atoms with E-state index in [0.29, 0.717) is 10.8 Å². The highest BCUT2D eigenvalue weighted by Gasteiger charge is 2.30. The average molecular weight is 436 g/mol. The fourth-order valence-corrected chi connectivity index (χ4v) is 6.00. The van der Waals surface area contributed by atoms with Crippen molar-refractivity contribution in [3.63, 3.8) is 0 Å². The summed E-state index contributed by atoms with van der Waals surface area (Å²) >= 11 is 0.990. The summed E-state index contributed by atoms with van der Waals surface area (Å²) in [5.74, 6) is 0.359. The predicted octanol–water partition coefficient (Wildman–Crippen LogP) is 3.24. The Bertz CT molecular complexity index is 1110. The van der Waals surface area contributed by atoms with Crippen molar-refractivity contribution in [1.29, 1.82) is 0 Å². The van der Waals surface area contributed by atoms with Gasteiger partial charge in [0.15, 0.2) is 9.92 Å². The number of nitrogens with zero attached hydrogens (tertiary/aromatic N) is 3. The molecule has 29 heavy (non-hydrogen) atoms. The number of anilines is 1. The van der Waals surface area contributed by atoms with E-state index < -0.39 is 21.5 Å². The van der Waals surface area contributed by atoms with Gasteiger partial charge in [-0.1, -0.05) is 6.92 Å².